The highest BCUT2D eigenvalue weighted by molar-refractivity contribution is 6.32. The molecule has 1 atom stereocenters. The summed E-state index contributed by atoms with van der Waals surface area (Å²) in [6.07, 6.45) is 6.76. The van der Waals surface area contributed by atoms with Gasteiger partial charge in [-0.1, -0.05) is 30.5 Å². The van der Waals surface area contributed by atoms with Crippen LogP contribution in [0.3, 0.4) is 0 Å². The highest BCUT2D eigenvalue weighted by Gasteiger charge is 2.28. The van der Waals surface area contributed by atoms with Gasteiger partial charge in [-0.3, -0.25) is 9.69 Å². The molecule has 1 aromatic carbocycles. The lowest BCUT2D eigenvalue weighted by molar-refractivity contribution is -0.118. The van der Waals surface area contributed by atoms with Gasteiger partial charge in [-0.05, 0) is 56.2 Å². The van der Waals surface area contributed by atoms with E-state index in [2.05, 4.69) is 21.9 Å². The number of halogens is 1. The van der Waals surface area contributed by atoms with Crippen molar-refractivity contribution in [1.29, 1.82) is 5.26 Å². The number of ether oxygens (including phenoxy) is 1. The minimum absolute atomic E-state index is 0.0231. The number of nitrogens with zero attached hydrogens (tertiary/aromatic N) is 3. The highest BCUT2D eigenvalue weighted by atomic mass is 35.5. The lowest BCUT2D eigenvalue weighted by Gasteiger charge is -2.38. The molecular weight excluding hydrogens is 412 g/mol. The van der Waals surface area contributed by atoms with E-state index in [-0.39, 0.29) is 11.8 Å². The van der Waals surface area contributed by atoms with E-state index >= 15 is 0 Å². The Labute approximate surface area is 191 Å². The second-order valence-corrected chi connectivity index (χ2v) is 9.34. The number of carbonyl (C=O) groups excluding carboxylic acids is 1. The van der Waals surface area contributed by atoms with Crippen molar-refractivity contribution in [3.63, 3.8) is 0 Å². The van der Waals surface area contributed by atoms with Crippen LogP contribution in [0.4, 0.5) is 5.69 Å². The zero-order valence-electron chi connectivity index (χ0n) is 18.6. The number of para-hydroxylation sites is 1. The second kappa shape index (κ2) is 11.6. The van der Waals surface area contributed by atoms with Gasteiger partial charge in [0.05, 0.1) is 23.9 Å². The zero-order valence-corrected chi connectivity index (χ0v) is 19.3. The predicted molar refractivity (Wildman–Crippen MR) is 124 cm³/mol. The summed E-state index contributed by atoms with van der Waals surface area (Å²) < 4.78 is 5.51. The number of nitriles is 1. The fourth-order valence-corrected chi connectivity index (χ4v) is 5.36. The Morgan fingerprint density at radius 3 is 2.58 bits per heavy atom. The normalized spacial score (nSPS) is 23.2. The van der Waals surface area contributed by atoms with Gasteiger partial charge in [-0.15, -0.1) is 0 Å². The molecule has 7 heteroatoms. The average Bonchev–Trinajstić information content (AvgIpc) is 2.79. The standard InChI is InChI=1S/C24H35ClN4O2/c1-31-24-21(25)3-2-4-22(24)29-15-13-28(14-16-29)12-11-18-5-7-19(8-6-18)20(17-26)9-10-23(27)30/h2-4,18-20H,5-16H2,1H3,(H2,27,30). The summed E-state index contributed by atoms with van der Waals surface area (Å²) in [5, 5.41) is 10.1. The van der Waals surface area contributed by atoms with Crippen LogP contribution in [0.2, 0.25) is 5.02 Å². The van der Waals surface area contributed by atoms with Crippen LogP contribution in [0.1, 0.15) is 44.9 Å². The molecule has 1 unspecified atom stereocenters. The molecule has 2 N–H and O–H groups in total. The van der Waals surface area contributed by atoms with Gasteiger partial charge in [0.25, 0.3) is 0 Å². The monoisotopic (exact) mass is 446 g/mol. The van der Waals surface area contributed by atoms with Crippen LogP contribution in [0, 0.1) is 29.1 Å². The summed E-state index contributed by atoms with van der Waals surface area (Å²) in [6, 6.07) is 8.34. The second-order valence-electron chi connectivity index (χ2n) is 8.93. The Balaban J connectivity index is 1.39. The van der Waals surface area contributed by atoms with E-state index in [0.717, 1.165) is 62.9 Å². The number of methoxy groups -OCH3 is 1. The summed E-state index contributed by atoms with van der Waals surface area (Å²) in [6.45, 7) is 5.20. The van der Waals surface area contributed by atoms with Crippen LogP contribution in [-0.4, -0.2) is 50.6 Å². The van der Waals surface area contributed by atoms with E-state index in [0.29, 0.717) is 23.8 Å². The van der Waals surface area contributed by atoms with Crippen LogP contribution in [0.25, 0.3) is 0 Å². The summed E-state index contributed by atoms with van der Waals surface area (Å²) in [5.41, 5.74) is 6.33. The van der Waals surface area contributed by atoms with Crippen LogP contribution in [0.15, 0.2) is 18.2 Å². The molecule has 0 bridgehead atoms. The minimum atomic E-state index is -0.303. The van der Waals surface area contributed by atoms with Crippen molar-refractivity contribution >= 4 is 23.2 Å². The molecule has 2 fully saturated rings. The average molecular weight is 447 g/mol. The maximum atomic E-state index is 11.0. The number of primary amides is 1. The van der Waals surface area contributed by atoms with E-state index in [4.69, 9.17) is 22.1 Å². The first-order valence-corrected chi connectivity index (χ1v) is 11.9. The van der Waals surface area contributed by atoms with Crippen molar-refractivity contribution in [2.75, 3.05) is 44.7 Å². The summed E-state index contributed by atoms with van der Waals surface area (Å²) in [5.74, 6) is 1.61. The summed E-state index contributed by atoms with van der Waals surface area (Å²) in [4.78, 5) is 16.0. The van der Waals surface area contributed by atoms with Crippen LogP contribution in [-0.2, 0) is 4.79 Å². The Morgan fingerprint density at radius 1 is 1.26 bits per heavy atom. The first kappa shape index (κ1) is 23.7. The molecule has 3 rings (SSSR count). The van der Waals surface area contributed by atoms with Gasteiger partial charge in [0.1, 0.15) is 0 Å². The fraction of sp³-hybridized carbons (Fsp3) is 0.667. The number of carbonyl (C=O) groups is 1. The van der Waals surface area contributed by atoms with E-state index in [1.54, 1.807) is 7.11 Å². The largest absolute Gasteiger partial charge is 0.493 e. The SMILES string of the molecule is COc1c(Cl)cccc1N1CCN(CCC2CCC(C(C#N)CCC(N)=O)CC2)CC1. The first-order chi connectivity index (χ1) is 15.0. The Hall–Kier alpha value is -1.97. The van der Waals surface area contributed by atoms with Gasteiger partial charge in [0.2, 0.25) is 5.91 Å². The predicted octanol–water partition coefficient (Wildman–Crippen LogP) is 4.07. The third kappa shape index (κ3) is 6.51. The molecule has 1 saturated carbocycles. The summed E-state index contributed by atoms with van der Waals surface area (Å²) >= 11 is 6.28. The molecule has 2 aliphatic rings. The number of benzene rings is 1. The van der Waals surface area contributed by atoms with E-state index in [1.165, 1.54) is 19.3 Å². The maximum Gasteiger partial charge on any atom is 0.217 e. The summed E-state index contributed by atoms with van der Waals surface area (Å²) in [7, 11) is 1.67. The van der Waals surface area contributed by atoms with Crippen molar-refractivity contribution < 1.29 is 9.53 Å². The quantitative estimate of drug-likeness (QED) is 0.618. The Bertz CT molecular complexity index is 765. The van der Waals surface area contributed by atoms with Crippen molar-refractivity contribution in [2.45, 2.75) is 44.9 Å². The molecule has 1 saturated heterocycles. The zero-order chi connectivity index (χ0) is 22.2. The molecule has 1 heterocycles. The molecular formula is C24H35ClN4O2. The maximum absolute atomic E-state index is 11.0. The van der Waals surface area contributed by atoms with Crippen molar-refractivity contribution in [2.24, 2.45) is 23.5 Å². The van der Waals surface area contributed by atoms with Crippen molar-refractivity contribution in [1.82, 2.24) is 4.90 Å². The lowest BCUT2D eigenvalue weighted by atomic mass is 9.74. The van der Waals surface area contributed by atoms with Crippen molar-refractivity contribution in [3.8, 4) is 11.8 Å². The number of rotatable bonds is 9. The molecule has 170 valence electrons. The number of nitrogens with two attached hydrogens (primary N) is 1. The molecule has 0 radical (unpaired) electrons. The molecule has 0 spiro atoms. The van der Waals surface area contributed by atoms with Crippen molar-refractivity contribution in [3.05, 3.63) is 23.2 Å². The van der Waals surface area contributed by atoms with Crippen LogP contribution >= 0.6 is 11.6 Å². The number of hydrogen-bond donors (Lipinski definition) is 1. The highest BCUT2D eigenvalue weighted by Crippen LogP contribution is 2.37. The topological polar surface area (TPSA) is 82.6 Å². The Morgan fingerprint density at radius 2 is 1.97 bits per heavy atom. The number of amides is 1. The van der Waals surface area contributed by atoms with Gasteiger partial charge in [-0.25, -0.2) is 0 Å². The van der Waals surface area contributed by atoms with Gasteiger partial charge < -0.3 is 15.4 Å². The van der Waals surface area contributed by atoms with Crippen LogP contribution < -0.4 is 15.4 Å². The molecule has 6 nitrogen and oxygen atoms in total. The molecule has 1 aliphatic heterocycles. The molecule has 1 aromatic rings. The van der Waals surface area contributed by atoms with Crippen LogP contribution in [0.5, 0.6) is 5.75 Å². The smallest absolute Gasteiger partial charge is 0.217 e. The van der Waals surface area contributed by atoms with E-state index < -0.39 is 0 Å². The third-order valence-corrected chi connectivity index (χ3v) is 7.34. The van der Waals surface area contributed by atoms with Gasteiger partial charge >= 0.3 is 0 Å². The number of hydrogen-bond acceptors (Lipinski definition) is 5. The first-order valence-electron chi connectivity index (χ1n) is 11.5. The molecule has 0 aromatic heterocycles. The van der Waals surface area contributed by atoms with Gasteiger partial charge in [0, 0.05) is 38.5 Å². The third-order valence-electron chi connectivity index (χ3n) is 7.04. The lowest BCUT2D eigenvalue weighted by Crippen LogP contribution is -2.47. The van der Waals surface area contributed by atoms with Gasteiger partial charge in [0.15, 0.2) is 5.75 Å². The Kier molecular flexibility index (Phi) is 8.86. The fourth-order valence-electron chi connectivity index (χ4n) is 5.11. The minimum Gasteiger partial charge on any atom is -0.493 e. The number of anilines is 1. The van der Waals surface area contributed by atoms with E-state index in [1.807, 2.05) is 12.1 Å². The molecule has 31 heavy (non-hydrogen) atoms. The van der Waals surface area contributed by atoms with Gasteiger partial charge in [-0.2, -0.15) is 5.26 Å². The number of piperazine rings is 1. The molecule has 1 aliphatic carbocycles. The molecule has 1 amide bonds. The van der Waals surface area contributed by atoms with E-state index in [9.17, 15) is 10.1 Å².